The lowest BCUT2D eigenvalue weighted by Crippen LogP contribution is -2.42. The van der Waals surface area contributed by atoms with E-state index >= 15 is 0 Å². The lowest BCUT2D eigenvalue weighted by molar-refractivity contribution is 0.133. The highest BCUT2D eigenvalue weighted by Crippen LogP contribution is 2.29. The average Bonchev–Trinajstić information content (AvgIpc) is 2.12. The second-order valence-corrected chi connectivity index (χ2v) is 4.63. The number of benzene rings is 1. The Morgan fingerprint density at radius 3 is 2.60 bits per heavy atom. The maximum atomic E-state index is 9.57. The van der Waals surface area contributed by atoms with Crippen LogP contribution in [0.4, 0.5) is 11.4 Å². The summed E-state index contributed by atoms with van der Waals surface area (Å²) in [6.45, 7) is 5.53. The standard InChI is InChI=1S/C11H17ClN2O/c1-7(15)11(2,3)14-9-6-4-5-8(12)10(9)13/h4-7,14-15H,13H2,1-3H3. The Labute approximate surface area is 95.2 Å². The molecule has 0 saturated heterocycles. The van der Waals surface area contributed by atoms with E-state index in [9.17, 15) is 5.11 Å². The maximum absolute atomic E-state index is 9.57. The van der Waals surface area contributed by atoms with E-state index in [1.807, 2.05) is 26.0 Å². The van der Waals surface area contributed by atoms with Gasteiger partial charge in [-0.1, -0.05) is 17.7 Å². The first-order valence-electron chi connectivity index (χ1n) is 4.85. The normalized spacial score (nSPS) is 13.7. The van der Waals surface area contributed by atoms with E-state index in [4.69, 9.17) is 17.3 Å². The number of aliphatic hydroxyl groups excluding tert-OH is 1. The Hall–Kier alpha value is -0.930. The molecule has 0 spiro atoms. The third kappa shape index (κ3) is 2.76. The number of hydrogen-bond donors (Lipinski definition) is 3. The maximum Gasteiger partial charge on any atom is 0.0739 e. The van der Waals surface area contributed by atoms with Gasteiger partial charge in [-0.05, 0) is 32.9 Å². The Bertz CT molecular complexity index is 350. The van der Waals surface area contributed by atoms with Gasteiger partial charge in [0, 0.05) is 0 Å². The van der Waals surface area contributed by atoms with Gasteiger partial charge in [0.1, 0.15) is 0 Å². The Balaban J connectivity index is 2.95. The van der Waals surface area contributed by atoms with Crippen molar-refractivity contribution in [3.63, 3.8) is 0 Å². The molecular weight excluding hydrogens is 212 g/mol. The van der Waals surface area contributed by atoms with Crippen LogP contribution in [0.3, 0.4) is 0 Å². The van der Waals surface area contributed by atoms with Gasteiger partial charge in [0.05, 0.1) is 28.0 Å². The third-order valence-corrected chi connectivity index (χ3v) is 2.88. The fourth-order valence-electron chi connectivity index (χ4n) is 1.10. The molecule has 0 radical (unpaired) electrons. The zero-order valence-electron chi connectivity index (χ0n) is 9.21. The van der Waals surface area contributed by atoms with E-state index in [1.54, 1.807) is 13.0 Å². The molecule has 0 aliphatic carbocycles. The lowest BCUT2D eigenvalue weighted by Gasteiger charge is -2.31. The first-order valence-corrected chi connectivity index (χ1v) is 5.22. The second kappa shape index (κ2) is 4.29. The highest BCUT2D eigenvalue weighted by Gasteiger charge is 2.24. The van der Waals surface area contributed by atoms with Crippen LogP contribution in [0.15, 0.2) is 18.2 Å². The minimum atomic E-state index is -0.490. The minimum absolute atomic E-state index is 0.446. The molecule has 4 heteroatoms. The molecule has 0 saturated carbocycles. The largest absolute Gasteiger partial charge is 0.396 e. The van der Waals surface area contributed by atoms with Crippen LogP contribution in [0.2, 0.25) is 5.02 Å². The highest BCUT2D eigenvalue weighted by atomic mass is 35.5. The smallest absolute Gasteiger partial charge is 0.0739 e. The SMILES string of the molecule is CC(O)C(C)(C)Nc1cccc(Cl)c1N. The molecule has 0 heterocycles. The van der Waals surface area contributed by atoms with Gasteiger partial charge in [0.2, 0.25) is 0 Å². The number of nitrogens with one attached hydrogen (secondary N) is 1. The molecule has 0 bridgehead atoms. The number of para-hydroxylation sites is 1. The van der Waals surface area contributed by atoms with Crippen molar-refractivity contribution in [3.05, 3.63) is 23.2 Å². The molecule has 0 aromatic heterocycles. The Morgan fingerprint density at radius 1 is 1.47 bits per heavy atom. The lowest BCUT2D eigenvalue weighted by atomic mass is 9.98. The molecule has 1 rings (SSSR count). The average molecular weight is 229 g/mol. The quantitative estimate of drug-likeness (QED) is 0.697. The van der Waals surface area contributed by atoms with Crippen molar-refractivity contribution < 1.29 is 5.11 Å². The summed E-state index contributed by atoms with van der Waals surface area (Å²) < 4.78 is 0. The molecule has 0 aliphatic heterocycles. The summed E-state index contributed by atoms with van der Waals surface area (Å²) in [7, 11) is 0. The van der Waals surface area contributed by atoms with Crippen LogP contribution in [-0.4, -0.2) is 16.7 Å². The van der Waals surface area contributed by atoms with Crippen LogP contribution in [0.1, 0.15) is 20.8 Å². The van der Waals surface area contributed by atoms with E-state index in [2.05, 4.69) is 5.32 Å². The van der Waals surface area contributed by atoms with Crippen LogP contribution in [0.5, 0.6) is 0 Å². The predicted molar refractivity (Wildman–Crippen MR) is 65.2 cm³/mol. The predicted octanol–water partition coefficient (Wildman–Crippen LogP) is 2.49. The van der Waals surface area contributed by atoms with Crippen molar-refractivity contribution in [3.8, 4) is 0 Å². The number of hydrogen-bond acceptors (Lipinski definition) is 3. The van der Waals surface area contributed by atoms with Crippen molar-refractivity contribution >= 4 is 23.0 Å². The molecule has 0 aliphatic rings. The molecule has 0 fully saturated rings. The summed E-state index contributed by atoms with van der Waals surface area (Å²) >= 11 is 5.89. The van der Waals surface area contributed by atoms with Gasteiger partial charge in [-0.2, -0.15) is 0 Å². The van der Waals surface area contributed by atoms with E-state index < -0.39 is 11.6 Å². The van der Waals surface area contributed by atoms with Crippen molar-refractivity contribution in [1.82, 2.24) is 0 Å². The third-order valence-electron chi connectivity index (χ3n) is 2.55. The van der Waals surface area contributed by atoms with Gasteiger partial charge in [-0.3, -0.25) is 0 Å². The van der Waals surface area contributed by atoms with Crippen LogP contribution < -0.4 is 11.1 Å². The highest BCUT2D eigenvalue weighted by molar-refractivity contribution is 6.33. The van der Waals surface area contributed by atoms with Crippen molar-refractivity contribution in [2.45, 2.75) is 32.4 Å². The molecular formula is C11H17ClN2O. The number of rotatable bonds is 3. The zero-order chi connectivity index (χ0) is 11.6. The van der Waals surface area contributed by atoms with Gasteiger partial charge in [-0.25, -0.2) is 0 Å². The van der Waals surface area contributed by atoms with Gasteiger partial charge < -0.3 is 16.2 Å². The second-order valence-electron chi connectivity index (χ2n) is 4.22. The number of nitrogens with two attached hydrogens (primary N) is 1. The molecule has 84 valence electrons. The zero-order valence-corrected chi connectivity index (χ0v) is 9.97. The van der Waals surface area contributed by atoms with Crippen LogP contribution in [-0.2, 0) is 0 Å². The van der Waals surface area contributed by atoms with Gasteiger partial charge in [0.15, 0.2) is 0 Å². The van der Waals surface area contributed by atoms with Crippen LogP contribution >= 0.6 is 11.6 Å². The van der Waals surface area contributed by atoms with Crippen molar-refractivity contribution in [1.29, 1.82) is 0 Å². The van der Waals surface area contributed by atoms with Crippen molar-refractivity contribution in [2.24, 2.45) is 0 Å². The summed E-state index contributed by atoms with van der Waals surface area (Å²) in [6, 6.07) is 5.39. The van der Waals surface area contributed by atoms with Gasteiger partial charge in [0.25, 0.3) is 0 Å². The van der Waals surface area contributed by atoms with E-state index in [0.29, 0.717) is 10.7 Å². The van der Waals surface area contributed by atoms with Gasteiger partial charge >= 0.3 is 0 Å². The fourth-order valence-corrected chi connectivity index (χ4v) is 1.27. The van der Waals surface area contributed by atoms with Crippen molar-refractivity contribution in [2.75, 3.05) is 11.1 Å². The number of anilines is 2. The Morgan fingerprint density at radius 2 is 2.07 bits per heavy atom. The molecule has 1 atom stereocenters. The summed E-state index contributed by atoms with van der Waals surface area (Å²) in [4.78, 5) is 0. The molecule has 1 aromatic rings. The van der Waals surface area contributed by atoms with E-state index in [0.717, 1.165) is 5.69 Å². The molecule has 0 amide bonds. The summed E-state index contributed by atoms with van der Waals surface area (Å²) in [6.07, 6.45) is -0.490. The molecule has 1 unspecified atom stereocenters. The van der Waals surface area contributed by atoms with Crippen LogP contribution in [0, 0.1) is 0 Å². The monoisotopic (exact) mass is 228 g/mol. The number of halogens is 1. The van der Waals surface area contributed by atoms with E-state index in [1.165, 1.54) is 0 Å². The van der Waals surface area contributed by atoms with Crippen LogP contribution in [0.25, 0.3) is 0 Å². The Kier molecular flexibility index (Phi) is 3.47. The fraction of sp³-hybridized carbons (Fsp3) is 0.455. The molecule has 3 nitrogen and oxygen atoms in total. The first-order chi connectivity index (χ1) is 6.84. The molecule has 15 heavy (non-hydrogen) atoms. The first kappa shape index (κ1) is 12.1. The van der Waals surface area contributed by atoms with E-state index in [-0.39, 0.29) is 0 Å². The summed E-state index contributed by atoms with van der Waals surface area (Å²) in [5.74, 6) is 0. The van der Waals surface area contributed by atoms with Gasteiger partial charge in [-0.15, -0.1) is 0 Å². The topological polar surface area (TPSA) is 58.3 Å². The summed E-state index contributed by atoms with van der Waals surface area (Å²) in [5, 5.41) is 13.2. The molecule has 4 N–H and O–H groups in total. The molecule has 1 aromatic carbocycles. The minimum Gasteiger partial charge on any atom is -0.396 e. The summed E-state index contributed by atoms with van der Waals surface area (Å²) in [5.41, 5.74) is 6.62. The number of aliphatic hydroxyl groups is 1. The number of nitrogen functional groups attached to an aromatic ring is 1.